The molecule has 1 aliphatic rings. The van der Waals surface area contributed by atoms with Crippen LogP contribution in [0.25, 0.3) is 0 Å². The van der Waals surface area contributed by atoms with E-state index >= 15 is 0 Å². The molecule has 0 aromatic heterocycles. The van der Waals surface area contributed by atoms with Crippen LogP contribution in [0.2, 0.25) is 0 Å². The summed E-state index contributed by atoms with van der Waals surface area (Å²) in [4.78, 5) is 0. The quantitative estimate of drug-likeness (QED) is 0.636. The van der Waals surface area contributed by atoms with E-state index in [1.54, 1.807) is 0 Å². The lowest BCUT2D eigenvalue weighted by molar-refractivity contribution is 0.868. The van der Waals surface area contributed by atoms with E-state index in [1.807, 2.05) is 0 Å². The van der Waals surface area contributed by atoms with Crippen LogP contribution in [-0.2, 0) is 0 Å². The number of thioether (sulfide) groups is 2. The molecule has 0 aliphatic carbocycles. The van der Waals surface area contributed by atoms with Gasteiger partial charge in [0.15, 0.2) is 0 Å². The molecule has 0 bridgehead atoms. The van der Waals surface area contributed by atoms with Gasteiger partial charge in [-0.15, -0.1) is 35.1 Å². The zero-order chi connectivity index (χ0) is 7.23. The Morgan fingerprint density at radius 2 is 2.00 bits per heavy atom. The number of rotatable bonds is 3. The largest absolute Gasteiger partial charge is 0.148 e. The van der Waals surface area contributed by atoms with E-state index < -0.39 is 0 Å². The first-order valence-corrected chi connectivity index (χ1v) is 6.36. The molecule has 0 saturated carbocycles. The average Bonchev–Trinajstić information content (AvgIpc) is 2.03. The maximum atomic E-state index is 5.60. The van der Waals surface area contributed by atoms with Crippen LogP contribution in [0.15, 0.2) is 0 Å². The molecule has 1 saturated heterocycles. The molecular formula is C7H13ClS2. The Morgan fingerprint density at radius 3 is 2.60 bits per heavy atom. The van der Waals surface area contributed by atoms with Gasteiger partial charge in [0.2, 0.25) is 0 Å². The summed E-state index contributed by atoms with van der Waals surface area (Å²) in [7, 11) is 0. The summed E-state index contributed by atoms with van der Waals surface area (Å²) in [6, 6.07) is 0. The van der Waals surface area contributed by atoms with E-state index in [9.17, 15) is 0 Å². The minimum atomic E-state index is 0.831. The standard InChI is InChI=1S/C7H13ClS2/c8-4-1-3-7-9-5-2-6-10-7/h7H,1-6H2. The van der Waals surface area contributed by atoms with Crippen molar-refractivity contribution in [2.75, 3.05) is 17.4 Å². The predicted octanol–water partition coefficient (Wildman–Crippen LogP) is 3.20. The van der Waals surface area contributed by atoms with Gasteiger partial charge in [-0.05, 0) is 30.8 Å². The van der Waals surface area contributed by atoms with E-state index in [2.05, 4.69) is 23.5 Å². The van der Waals surface area contributed by atoms with Crippen molar-refractivity contribution in [2.45, 2.75) is 23.8 Å². The van der Waals surface area contributed by atoms with Crippen molar-refractivity contribution < 1.29 is 0 Å². The van der Waals surface area contributed by atoms with Crippen molar-refractivity contribution in [3.05, 3.63) is 0 Å². The number of hydrogen-bond donors (Lipinski definition) is 0. The van der Waals surface area contributed by atoms with Gasteiger partial charge in [0.1, 0.15) is 0 Å². The van der Waals surface area contributed by atoms with Gasteiger partial charge in [-0.2, -0.15) is 0 Å². The normalized spacial score (nSPS) is 21.3. The summed E-state index contributed by atoms with van der Waals surface area (Å²) in [5.41, 5.74) is 0. The molecular weight excluding hydrogens is 184 g/mol. The van der Waals surface area contributed by atoms with Crippen LogP contribution in [0.3, 0.4) is 0 Å². The molecule has 0 nitrogen and oxygen atoms in total. The smallest absolute Gasteiger partial charge is 0.0502 e. The van der Waals surface area contributed by atoms with Gasteiger partial charge in [0.25, 0.3) is 0 Å². The topological polar surface area (TPSA) is 0 Å². The van der Waals surface area contributed by atoms with Crippen molar-refractivity contribution in [3.8, 4) is 0 Å². The van der Waals surface area contributed by atoms with Crippen LogP contribution >= 0.6 is 35.1 Å². The molecule has 0 amide bonds. The lowest BCUT2D eigenvalue weighted by Crippen LogP contribution is -2.06. The molecule has 0 aromatic rings. The van der Waals surface area contributed by atoms with Gasteiger partial charge in [-0.25, -0.2) is 0 Å². The Balaban J connectivity index is 2.02. The highest BCUT2D eigenvalue weighted by atomic mass is 35.5. The number of alkyl halides is 1. The maximum absolute atomic E-state index is 5.60. The predicted molar refractivity (Wildman–Crippen MR) is 53.3 cm³/mol. The molecule has 1 aliphatic heterocycles. The van der Waals surface area contributed by atoms with Crippen LogP contribution in [-0.4, -0.2) is 22.0 Å². The Bertz CT molecular complexity index is 81.7. The fourth-order valence-corrected chi connectivity index (χ4v) is 4.06. The van der Waals surface area contributed by atoms with E-state index in [0.717, 1.165) is 10.5 Å². The third-order valence-corrected chi connectivity index (χ3v) is 4.82. The van der Waals surface area contributed by atoms with Crippen molar-refractivity contribution >= 4 is 35.1 Å². The summed E-state index contributed by atoms with van der Waals surface area (Å²) >= 11 is 9.82. The van der Waals surface area contributed by atoms with Gasteiger partial charge in [-0.1, -0.05) is 0 Å². The first kappa shape index (κ1) is 9.08. The fourth-order valence-electron chi connectivity index (χ4n) is 0.947. The summed E-state index contributed by atoms with van der Waals surface area (Å²) in [6.45, 7) is 0. The fraction of sp³-hybridized carbons (Fsp3) is 1.00. The first-order chi connectivity index (χ1) is 4.93. The average molecular weight is 197 g/mol. The Labute approximate surface area is 76.5 Å². The lowest BCUT2D eigenvalue weighted by Gasteiger charge is -2.19. The molecule has 3 heteroatoms. The summed E-state index contributed by atoms with van der Waals surface area (Å²) in [5, 5.41) is 0. The molecule has 1 heterocycles. The molecule has 0 spiro atoms. The number of halogens is 1. The molecule has 10 heavy (non-hydrogen) atoms. The highest BCUT2D eigenvalue weighted by molar-refractivity contribution is 8.17. The second kappa shape index (κ2) is 5.62. The Hall–Kier alpha value is 0.990. The lowest BCUT2D eigenvalue weighted by atomic mass is 10.4. The van der Waals surface area contributed by atoms with Crippen LogP contribution in [0.5, 0.6) is 0 Å². The third kappa shape index (κ3) is 3.40. The second-order valence-electron chi connectivity index (χ2n) is 2.36. The van der Waals surface area contributed by atoms with Crippen molar-refractivity contribution in [3.63, 3.8) is 0 Å². The van der Waals surface area contributed by atoms with Crippen molar-refractivity contribution in [1.29, 1.82) is 0 Å². The van der Waals surface area contributed by atoms with Crippen molar-refractivity contribution in [2.24, 2.45) is 0 Å². The third-order valence-electron chi connectivity index (χ3n) is 1.47. The monoisotopic (exact) mass is 196 g/mol. The van der Waals surface area contributed by atoms with Crippen molar-refractivity contribution in [1.82, 2.24) is 0 Å². The molecule has 1 rings (SSSR count). The van der Waals surface area contributed by atoms with Gasteiger partial charge in [0.05, 0.1) is 4.58 Å². The summed E-state index contributed by atoms with van der Waals surface area (Å²) in [5.74, 6) is 3.55. The summed E-state index contributed by atoms with van der Waals surface area (Å²) < 4.78 is 0.854. The molecule has 60 valence electrons. The molecule has 0 aromatic carbocycles. The van der Waals surface area contributed by atoms with Gasteiger partial charge >= 0.3 is 0 Å². The molecule has 1 fully saturated rings. The van der Waals surface area contributed by atoms with E-state index in [4.69, 9.17) is 11.6 Å². The van der Waals surface area contributed by atoms with Gasteiger partial charge < -0.3 is 0 Å². The van der Waals surface area contributed by atoms with Gasteiger partial charge in [0, 0.05) is 5.88 Å². The Morgan fingerprint density at radius 1 is 1.30 bits per heavy atom. The first-order valence-electron chi connectivity index (χ1n) is 3.72. The van der Waals surface area contributed by atoms with Gasteiger partial charge in [-0.3, -0.25) is 0 Å². The van der Waals surface area contributed by atoms with Crippen LogP contribution in [0.4, 0.5) is 0 Å². The SMILES string of the molecule is ClCCCC1SCCCS1. The maximum Gasteiger partial charge on any atom is 0.0502 e. The zero-order valence-corrected chi connectivity index (χ0v) is 8.40. The second-order valence-corrected chi connectivity index (χ2v) is 5.65. The minimum absolute atomic E-state index is 0.831. The van der Waals surface area contributed by atoms with E-state index in [1.165, 1.54) is 30.8 Å². The molecule has 0 N–H and O–H groups in total. The molecule has 0 unspecified atom stereocenters. The van der Waals surface area contributed by atoms with Crippen LogP contribution in [0.1, 0.15) is 19.3 Å². The summed E-state index contributed by atoms with van der Waals surface area (Å²) in [6.07, 6.45) is 3.89. The van der Waals surface area contributed by atoms with Crippen LogP contribution in [0, 0.1) is 0 Å². The van der Waals surface area contributed by atoms with Crippen LogP contribution < -0.4 is 0 Å². The Kier molecular flexibility index (Phi) is 5.10. The molecule has 0 atom stereocenters. The van der Waals surface area contributed by atoms with E-state index in [-0.39, 0.29) is 0 Å². The highest BCUT2D eigenvalue weighted by Gasteiger charge is 2.12. The highest BCUT2D eigenvalue weighted by Crippen LogP contribution is 2.33. The minimum Gasteiger partial charge on any atom is -0.148 e. The van der Waals surface area contributed by atoms with E-state index in [0.29, 0.717) is 0 Å². The molecule has 0 radical (unpaired) electrons. The zero-order valence-electron chi connectivity index (χ0n) is 6.01. The number of hydrogen-bond acceptors (Lipinski definition) is 2.